The van der Waals surface area contributed by atoms with Crippen molar-refractivity contribution in [2.24, 2.45) is 5.92 Å². The molecule has 2 atom stereocenters. The maximum Gasteiger partial charge on any atom is 0.407 e. The largest absolute Gasteiger partial charge is 0.480 e. The van der Waals surface area contributed by atoms with Gasteiger partial charge >= 0.3 is 12.1 Å². The molecule has 8 nitrogen and oxygen atoms in total. The van der Waals surface area contributed by atoms with Gasteiger partial charge in [0.2, 0.25) is 0 Å². The molecule has 1 aliphatic carbocycles. The van der Waals surface area contributed by atoms with E-state index in [0.717, 1.165) is 22.3 Å². The summed E-state index contributed by atoms with van der Waals surface area (Å²) in [4.78, 5) is 36.2. The van der Waals surface area contributed by atoms with Crippen molar-refractivity contribution in [2.75, 3.05) is 6.61 Å². The zero-order chi connectivity index (χ0) is 24.9. The number of amides is 2. The average Bonchev–Trinajstić information content (AvgIpc) is 3.47. The zero-order valence-corrected chi connectivity index (χ0v) is 19.6. The minimum atomic E-state index is -1.10. The van der Waals surface area contributed by atoms with Gasteiger partial charge in [0, 0.05) is 5.92 Å². The van der Waals surface area contributed by atoms with Crippen LogP contribution >= 0.6 is 0 Å². The van der Waals surface area contributed by atoms with Crippen LogP contribution in [0.3, 0.4) is 0 Å². The fourth-order valence-corrected chi connectivity index (χ4v) is 4.30. The Morgan fingerprint density at radius 3 is 2.23 bits per heavy atom. The minimum absolute atomic E-state index is 0.0242. The summed E-state index contributed by atoms with van der Waals surface area (Å²) in [5, 5.41) is 14.5. The Bertz CT molecular complexity index is 1190. The molecule has 0 radical (unpaired) electrons. The van der Waals surface area contributed by atoms with Gasteiger partial charge in [0.05, 0.1) is 6.54 Å². The number of benzene rings is 2. The van der Waals surface area contributed by atoms with E-state index in [1.54, 1.807) is 13.0 Å². The minimum Gasteiger partial charge on any atom is -0.480 e. The van der Waals surface area contributed by atoms with Crippen molar-refractivity contribution in [2.45, 2.75) is 38.8 Å². The number of alkyl carbamates (subject to hydrolysis) is 1. The number of nitrogens with one attached hydrogen (secondary N) is 2. The molecule has 1 aliphatic rings. The lowest BCUT2D eigenvalue weighted by Gasteiger charge is -2.19. The van der Waals surface area contributed by atoms with Gasteiger partial charge in [0.25, 0.3) is 5.91 Å². The molecule has 0 saturated carbocycles. The van der Waals surface area contributed by atoms with Crippen LogP contribution in [0.4, 0.5) is 4.79 Å². The summed E-state index contributed by atoms with van der Waals surface area (Å²) in [6.07, 6.45) is 0.00187. The van der Waals surface area contributed by atoms with Crippen LogP contribution in [-0.2, 0) is 16.1 Å². The first-order valence-corrected chi connectivity index (χ1v) is 11.6. The number of fused-ring (bicyclic) bond motifs is 3. The molecule has 0 saturated heterocycles. The van der Waals surface area contributed by atoms with Gasteiger partial charge < -0.3 is 24.9 Å². The zero-order valence-electron chi connectivity index (χ0n) is 19.6. The van der Waals surface area contributed by atoms with E-state index in [4.69, 9.17) is 9.15 Å². The van der Waals surface area contributed by atoms with Crippen molar-refractivity contribution in [1.29, 1.82) is 0 Å². The van der Waals surface area contributed by atoms with Gasteiger partial charge in [-0.1, -0.05) is 68.8 Å². The molecule has 3 N–H and O–H groups in total. The quantitative estimate of drug-likeness (QED) is 0.417. The third-order valence-electron chi connectivity index (χ3n) is 6.40. The van der Waals surface area contributed by atoms with Crippen molar-refractivity contribution < 1.29 is 28.6 Å². The first-order valence-electron chi connectivity index (χ1n) is 11.6. The highest BCUT2D eigenvalue weighted by molar-refractivity contribution is 5.94. The molecule has 4 rings (SSSR count). The number of carboxylic acids is 1. The lowest BCUT2D eigenvalue weighted by Crippen LogP contribution is -2.44. The molecular weight excluding hydrogens is 448 g/mol. The van der Waals surface area contributed by atoms with Crippen LogP contribution in [0.15, 0.2) is 65.1 Å². The number of carbonyl (C=O) groups is 3. The van der Waals surface area contributed by atoms with Gasteiger partial charge in [-0.2, -0.15) is 0 Å². The molecule has 2 aromatic carbocycles. The maximum absolute atomic E-state index is 12.4. The van der Waals surface area contributed by atoms with Crippen molar-refractivity contribution in [1.82, 2.24) is 10.6 Å². The van der Waals surface area contributed by atoms with Crippen molar-refractivity contribution in [3.63, 3.8) is 0 Å². The first-order chi connectivity index (χ1) is 16.9. The number of hydrogen-bond donors (Lipinski definition) is 3. The molecule has 182 valence electrons. The van der Waals surface area contributed by atoms with Crippen LogP contribution in [0.2, 0.25) is 0 Å². The number of furan rings is 1. The van der Waals surface area contributed by atoms with Crippen LogP contribution in [0.25, 0.3) is 11.1 Å². The summed E-state index contributed by atoms with van der Waals surface area (Å²) in [6, 6.07) is 18.2. The number of aliphatic carboxylic acids is 1. The van der Waals surface area contributed by atoms with Crippen molar-refractivity contribution in [3.05, 3.63) is 83.3 Å². The van der Waals surface area contributed by atoms with E-state index in [9.17, 15) is 19.5 Å². The Morgan fingerprint density at radius 2 is 1.63 bits per heavy atom. The van der Waals surface area contributed by atoms with Gasteiger partial charge in [0.1, 0.15) is 18.4 Å². The molecule has 0 spiro atoms. The Kier molecular flexibility index (Phi) is 7.19. The molecule has 1 unspecified atom stereocenters. The van der Waals surface area contributed by atoms with Gasteiger partial charge in [-0.15, -0.1) is 0 Å². The molecule has 2 amide bonds. The SMILES string of the molecule is CCC(C)[C@H](NC(=O)c1ccc(CNC(=O)OCC2c3ccccc3-c3ccccc32)o1)C(=O)O. The monoisotopic (exact) mass is 476 g/mol. The van der Waals surface area contributed by atoms with Crippen LogP contribution in [0, 0.1) is 5.92 Å². The highest BCUT2D eigenvalue weighted by Crippen LogP contribution is 2.44. The number of ether oxygens (including phenoxy) is 1. The molecule has 3 aromatic rings. The summed E-state index contributed by atoms with van der Waals surface area (Å²) in [5.74, 6) is -1.68. The van der Waals surface area contributed by atoms with Gasteiger partial charge in [-0.3, -0.25) is 4.79 Å². The fraction of sp³-hybridized carbons (Fsp3) is 0.296. The summed E-state index contributed by atoms with van der Waals surface area (Å²) in [6.45, 7) is 3.83. The smallest absolute Gasteiger partial charge is 0.407 e. The second-order valence-electron chi connectivity index (χ2n) is 8.62. The van der Waals surface area contributed by atoms with E-state index < -0.39 is 24.0 Å². The summed E-state index contributed by atoms with van der Waals surface area (Å²) in [7, 11) is 0. The predicted octanol–water partition coefficient (Wildman–Crippen LogP) is 4.55. The third-order valence-corrected chi connectivity index (χ3v) is 6.40. The lowest BCUT2D eigenvalue weighted by molar-refractivity contribution is -0.140. The lowest BCUT2D eigenvalue weighted by atomic mass is 9.98. The van der Waals surface area contributed by atoms with E-state index in [2.05, 4.69) is 22.8 Å². The van der Waals surface area contributed by atoms with Gasteiger partial charge in [-0.25, -0.2) is 9.59 Å². The Balaban J connectivity index is 1.31. The van der Waals surface area contributed by atoms with Crippen molar-refractivity contribution >= 4 is 18.0 Å². The van der Waals surface area contributed by atoms with Crippen LogP contribution in [0.1, 0.15) is 53.6 Å². The first kappa shape index (κ1) is 24.1. The molecule has 0 bridgehead atoms. The van der Waals surface area contributed by atoms with E-state index in [0.29, 0.717) is 12.2 Å². The highest BCUT2D eigenvalue weighted by atomic mass is 16.5. The number of carbonyl (C=O) groups excluding carboxylic acids is 2. The number of hydrogen-bond acceptors (Lipinski definition) is 5. The van der Waals surface area contributed by atoms with Crippen LogP contribution < -0.4 is 10.6 Å². The summed E-state index contributed by atoms with van der Waals surface area (Å²) >= 11 is 0. The molecule has 8 heteroatoms. The second kappa shape index (κ2) is 10.5. The third kappa shape index (κ3) is 5.21. The topological polar surface area (TPSA) is 118 Å². The average molecular weight is 477 g/mol. The molecular formula is C27H28N2O6. The van der Waals surface area contributed by atoms with E-state index in [1.165, 1.54) is 6.07 Å². The van der Waals surface area contributed by atoms with Crippen LogP contribution in [0.5, 0.6) is 0 Å². The van der Waals surface area contributed by atoms with Crippen LogP contribution in [-0.4, -0.2) is 35.7 Å². The van der Waals surface area contributed by atoms with Crippen molar-refractivity contribution in [3.8, 4) is 11.1 Å². The Morgan fingerprint density at radius 1 is 1.00 bits per heavy atom. The summed E-state index contributed by atoms with van der Waals surface area (Å²) in [5.41, 5.74) is 4.55. The van der Waals surface area contributed by atoms with E-state index >= 15 is 0 Å². The number of rotatable bonds is 9. The second-order valence-corrected chi connectivity index (χ2v) is 8.62. The van der Waals surface area contributed by atoms with Gasteiger partial charge in [-0.05, 0) is 40.3 Å². The highest BCUT2D eigenvalue weighted by Gasteiger charge is 2.29. The summed E-state index contributed by atoms with van der Waals surface area (Å²) < 4.78 is 11.0. The molecule has 35 heavy (non-hydrogen) atoms. The van der Waals surface area contributed by atoms with E-state index in [1.807, 2.05) is 43.3 Å². The Hall–Kier alpha value is -4.07. The predicted molar refractivity (Wildman–Crippen MR) is 129 cm³/mol. The maximum atomic E-state index is 12.4. The standard InChI is InChI=1S/C27H28N2O6/c1-3-16(2)24(26(31)32)29-25(30)23-13-12-17(35-23)14-28-27(33)34-15-22-20-10-6-4-8-18(20)19-9-5-7-11-21(19)22/h4-13,16,22,24H,3,14-15H2,1-2H3,(H,28,33)(H,29,30)(H,31,32)/t16?,24-/m0/s1. The fourth-order valence-electron chi connectivity index (χ4n) is 4.30. The molecule has 0 fully saturated rings. The Labute approximate surface area is 203 Å². The normalized spacial score (nSPS) is 13.9. The number of carboxylic acid groups (broad SMARTS) is 1. The van der Waals surface area contributed by atoms with E-state index in [-0.39, 0.29) is 30.7 Å². The molecule has 1 aromatic heterocycles. The molecule has 0 aliphatic heterocycles. The molecule has 1 heterocycles. The van der Waals surface area contributed by atoms with Gasteiger partial charge in [0.15, 0.2) is 5.76 Å².